The molecular formula is C27H36N6O4. The van der Waals surface area contributed by atoms with Crippen LogP contribution in [0.2, 0.25) is 0 Å². The summed E-state index contributed by atoms with van der Waals surface area (Å²) in [6.07, 6.45) is 2.41. The van der Waals surface area contributed by atoms with E-state index in [0.717, 1.165) is 55.9 Å². The lowest BCUT2D eigenvalue weighted by Gasteiger charge is -2.26. The van der Waals surface area contributed by atoms with Gasteiger partial charge in [-0.25, -0.2) is 14.8 Å². The number of benzene rings is 2. The molecule has 1 saturated heterocycles. The van der Waals surface area contributed by atoms with Crippen LogP contribution in [-0.4, -0.2) is 74.0 Å². The Morgan fingerprint density at radius 3 is 2.70 bits per heavy atom. The van der Waals surface area contributed by atoms with Crippen molar-refractivity contribution in [1.29, 1.82) is 0 Å². The molecule has 2 aromatic carbocycles. The summed E-state index contributed by atoms with van der Waals surface area (Å²) in [7, 11) is 1.62. The van der Waals surface area contributed by atoms with Gasteiger partial charge in [0.1, 0.15) is 12.1 Å². The van der Waals surface area contributed by atoms with Crippen LogP contribution < -0.4 is 25.4 Å². The molecule has 10 heteroatoms. The van der Waals surface area contributed by atoms with Gasteiger partial charge >= 0.3 is 6.03 Å². The number of hydrogen-bond donors (Lipinski definition) is 3. The van der Waals surface area contributed by atoms with Gasteiger partial charge in [-0.3, -0.25) is 4.90 Å². The molecular weight excluding hydrogens is 472 g/mol. The van der Waals surface area contributed by atoms with Crippen LogP contribution in [0.3, 0.4) is 0 Å². The molecule has 37 heavy (non-hydrogen) atoms. The van der Waals surface area contributed by atoms with E-state index in [1.165, 1.54) is 6.33 Å². The van der Waals surface area contributed by atoms with E-state index in [0.29, 0.717) is 42.1 Å². The largest absolute Gasteiger partial charge is 0.493 e. The number of hydrogen-bond acceptors (Lipinski definition) is 8. The third kappa shape index (κ3) is 7.68. The van der Waals surface area contributed by atoms with Crippen molar-refractivity contribution in [3.63, 3.8) is 0 Å². The second-order valence-corrected chi connectivity index (χ2v) is 9.33. The maximum atomic E-state index is 12.2. The molecule has 3 aromatic rings. The number of fused-ring (bicyclic) bond motifs is 1. The van der Waals surface area contributed by atoms with Crippen LogP contribution in [0.1, 0.15) is 20.3 Å². The molecule has 1 aliphatic heterocycles. The van der Waals surface area contributed by atoms with Gasteiger partial charge in [-0.2, -0.15) is 0 Å². The Kier molecular flexibility index (Phi) is 9.34. The topological polar surface area (TPSA) is 110 Å². The minimum absolute atomic E-state index is 0.235. The number of urea groups is 1. The lowest BCUT2D eigenvalue weighted by atomic mass is 10.2. The number of aromatic nitrogens is 2. The van der Waals surface area contributed by atoms with Crippen molar-refractivity contribution in [3.8, 4) is 11.5 Å². The first-order valence-corrected chi connectivity index (χ1v) is 12.7. The third-order valence-corrected chi connectivity index (χ3v) is 5.95. The molecule has 2 heterocycles. The average molecular weight is 509 g/mol. The van der Waals surface area contributed by atoms with Crippen LogP contribution in [0.5, 0.6) is 11.5 Å². The molecule has 0 radical (unpaired) electrons. The van der Waals surface area contributed by atoms with Crippen molar-refractivity contribution in [2.75, 3.05) is 63.7 Å². The average Bonchev–Trinajstić information content (AvgIpc) is 2.90. The number of carbonyl (C=O) groups excluding carboxylic acids is 1. The number of amides is 2. The number of nitrogens with zero attached hydrogens (tertiary/aromatic N) is 3. The van der Waals surface area contributed by atoms with E-state index in [9.17, 15) is 4.79 Å². The van der Waals surface area contributed by atoms with Gasteiger partial charge in [0.25, 0.3) is 0 Å². The van der Waals surface area contributed by atoms with E-state index >= 15 is 0 Å². The van der Waals surface area contributed by atoms with Crippen molar-refractivity contribution < 1.29 is 19.0 Å². The fourth-order valence-electron chi connectivity index (χ4n) is 4.01. The summed E-state index contributed by atoms with van der Waals surface area (Å²) >= 11 is 0. The Hall–Kier alpha value is -3.63. The van der Waals surface area contributed by atoms with Gasteiger partial charge in [0.15, 0.2) is 11.5 Å². The number of nitrogens with one attached hydrogen (secondary N) is 3. The molecule has 3 N–H and O–H groups in total. The summed E-state index contributed by atoms with van der Waals surface area (Å²) in [5.41, 5.74) is 2.19. The van der Waals surface area contributed by atoms with Gasteiger partial charge in [-0.05, 0) is 36.6 Å². The van der Waals surface area contributed by atoms with Crippen LogP contribution >= 0.6 is 0 Å². The van der Waals surface area contributed by atoms with Crippen molar-refractivity contribution in [2.24, 2.45) is 5.92 Å². The van der Waals surface area contributed by atoms with E-state index in [2.05, 4.69) is 30.8 Å². The maximum Gasteiger partial charge on any atom is 0.319 e. The van der Waals surface area contributed by atoms with Gasteiger partial charge in [-0.1, -0.05) is 19.9 Å². The van der Waals surface area contributed by atoms with Gasteiger partial charge in [0.2, 0.25) is 0 Å². The molecule has 0 unspecified atom stereocenters. The zero-order chi connectivity index (χ0) is 26.0. The molecule has 0 atom stereocenters. The molecule has 2 amide bonds. The lowest BCUT2D eigenvalue weighted by Crippen LogP contribution is -2.37. The minimum atomic E-state index is -0.235. The van der Waals surface area contributed by atoms with Crippen molar-refractivity contribution in [3.05, 3.63) is 42.7 Å². The molecule has 1 aromatic heterocycles. The Morgan fingerprint density at radius 2 is 1.92 bits per heavy atom. The smallest absolute Gasteiger partial charge is 0.319 e. The van der Waals surface area contributed by atoms with Crippen molar-refractivity contribution in [1.82, 2.24) is 20.2 Å². The molecule has 0 saturated carbocycles. The van der Waals surface area contributed by atoms with Crippen molar-refractivity contribution >= 4 is 34.1 Å². The lowest BCUT2D eigenvalue weighted by molar-refractivity contribution is 0.0357. The number of rotatable bonds is 11. The highest BCUT2D eigenvalue weighted by molar-refractivity contribution is 5.94. The quantitative estimate of drug-likeness (QED) is 0.330. The van der Waals surface area contributed by atoms with E-state index in [4.69, 9.17) is 14.2 Å². The summed E-state index contributed by atoms with van der Waals surface area (Å²) in [5, 5.41) is 9.88. The first kappa shape index (κ1) is 26.4. The summed E-state index contributed by atoms with van der Waals surface area (Å²) in [5.74, 6) is 2.28. The molecule has 0 spiro atoms. The number of morpholine rings is 1. The second-order valence-electron chi connectivity index (χ2n) is 9.33. The fourth-order valence-corrected chi connectivity index (χ4v) is 4.01. The zero-order valence-electron chi connectivity index (χ0n) is 21.8. The van der Waals surface area contributed by atoms with E-state index in [-0.39, 0.29) is 6.03 Å². The molecule has 0 aliphatic carbocycles. The Morgan fingerprint density at radius 1 is 1.11 bits per heavy atom. The Balaban J connectivity index is 1.45. The van der Waals surface area contributed by atoms with E-state index < -0.39 is 0 Å². The van der Waals surface area contributed by atoms with Crippen LogP contribution in [0, 0.1) is 5.92 Å². The third-order valence-electron chi connectivity index (χ3n) is 5.95. The number of carbonyl (C=O) groups is 1. The predicted octanol–water partition coefficient (Wildman–Crippen LogP) is 4.26. The molecule has 4 rings (SSSR count). The molecule has 1 aliphatic rings. The van der Waals surface area contributed by atoms with Crippen molar-refractivity contribution in [2.45, 2.75) is 20.3 Å². The summed E-state index contributed by atoms with van der Waals surface area (Å²) < 4.78 is 17.1. The molecule has 1 fully saturated rings. The number of anilines is 3. The normalized spacial score (nSPS) is 13.9. The summed E-state index contributed by atoms with van der Waals surface area (Å²) in [6, 6.07) is 11.0. The fraction of sp³-hybridized carbons (Fsp3) is 0.444. The highest BCUT2D eigenvalue weighted by Gasteiger charge is 2.14. The Bertz CT molecular complexity index is 1180. The number of methoxy groups -OCH3 is 1. The minimum Gasteiger partial charge on any atom is -0.493 e. The van der Waals surface area contributed by atoms with Gasteiger partial charge in [0.05, 0.1) is 32.4 Å². The highest BCUT2D eigenvalue weighted by atomic mass is 16.5. The van der Waals surface area contributed by atoms with Crippen LogP contribution in [0.25, 0.3) is 10.9 Å². The second kappa shape index (κ2) is 13.1. The SMILES string of the molecule is COc1cc2ncnc(Nc3cccc(NC(=O)NCC(C)C)c3)c2cc1OCCCN1CCOCC1. The molecule has 10 nitrogen and oxygen atoms in total. The van der Waals surface area contributed by atoms with E-state index in [1.54, 1.807) is 7.11 Å². The first-order chi connectivity index (χ1) is 18.0. The van der Waals surface area contributed by atoms with Crippen LogP contribution in [0.4, 0.5) is 22.0 Å². The monoisotopic (exact) mass is 508 g/mol. The van der Waals surface area contributed by atoms with Gasteiger partial charge in [-0.15, -0.1) is 0 Å². The Labute approximate surface area is 217 Å². The first-order valence-electron chi connectivity index (χ1n) is 12.7. The van der Waals surface area contributed by atoms with Crippen LogP contribution in [0.15, 0.2) is 42.7 Å². The number of ether oxygens (including phenoxy) is 3. The highest BCUT2D eigenvalue weighted by Crippen LogP contribution is 2.35. The summed E-state index contributed by atoms with van der Waals surface area (Å²) in [4.78, 5) is 23.4. The van der Waals surface area contributed by atoms with Gasteiger partial charge < -0.3 is 30.2 Å². The summed E-state index contributed by atoms with van der Waals surface area (Å²) in [6.45, 7) is 9.76. The maximum absolute atomic E-state index is 12.2. The standard InChI is InChI=1S/C27H36N6O4/c1-19(2)17-28-27(34)32-21-7-4-6-20(14-21)31-26-22-15-25(24(35-3)16-23(22)29-18-30-26)37-11-5-8-33-9-12-36-13-10-33/h4,6-7,14-16,18-19H,5,8-13,17H2,1-3H3,(H2,28,32,34)(H,29,30,31). The molecule has 198 valence electrons. The molecule has 0 bridgehead atoms. The zero-order valence-corrected chi connectivity index (χ0v) is 21.8. The van der Waals surface area contributed by atoms with Gasteiger partial charge in [0, 0.05) is 49.0 Å². The van der Waals surface area contributed by atoms with Crippen LogP contribution in [-0.2, 0) is 4.74 Å². The predicted molar refractivity (Wildman–Crippen MR) is 145 cm³/mol. The van der Waals surface area contributed by atoms with E-state index in [1.807, 2.05) is 50.2 Å².